The standard InChI is InChI=1S/C11H12N2O6S2/c1-3-20(15,16)19-9-4-6-10(7-5-9)21(17,18)11(13-12)8(2)14/h4-7H,3H2,1-2H3. The summed E-state index contributed by atoms with van der Waals surface area (Å²) in [5.41, 5.74) is 8.62. The van der Waals surface area contributed by atoms with Crippen molar-refractivity contribution in [3.63, 3.8) is 0 Å². The van der Waals surface area contributed by atoms with E-state index in [1.807, 2.05) is 0 Å². The monoisotopic (exact) mass is 332 g/mol. The highest BCUT2D eigenvalue weighted by molar-refractivity contribution is 8.08. The first kappa shape index (κ1) is 17.0. The number of ketones is 1. The summed E-state index contributed by atoms with van der Waals surface area (Å²) in [4.78, 5) is 13.3. The van der Waals surface area contributed by atoms with Crippen LogP contribution < -0.4 is 4.18 Å². The fourth-order valence-corrected chi connectivity index (χ4v) is 3.03. The minimum Gasteiger partial charge on any atom is -0.382 e. The van der Waals surface area contributed by atoms with Gasteiger partial charge < -0.3 is 9.71 Å². The van der Waals surface area contributed by atoms with Crippen molar-refractivity contribution in [3.8, 4) is 5.75 Å². The van der Waals surface area contributed by atoms with Crippen LogP contribution in [0.5, 0.6) is 5.75 Å². The first-order valence-electron chi connectivity index (χ1n) is 5.64. The SMILES string of the molecule is CCS(=O)(=O)Oc1ccc(S(=O)(=O)C(=[N+]=[N-])C(C)=O)cc1. The lowest BCUT2D eigenvalue weighted by Crippen LogP contribution is -2.23. The molecule has 0 N–H and O–H groups in total. The molecule has 114 valence electrons. The smallest absolute Gasteiger partial charge is 0.382 e. The third kappa shape index (κ3) is 3.97. The highest BCUT2D eigenvalue weighted by atomic mass is 32.2. The molecule has 10 heteroatoms. The molecule has 21 heavy (non-hydrogen) atoms. The zero-order chi connectivity index (χ0) is 16.3. The number of sulfone groups is 1. The Bertz CT molecular complexity index is 803. The average Bonchev–Trinajstić information content (AvgIpc) is 2.39. The summed E-state index contributed by atoms with van der Waals surface area (Å²) in [7, 11) is -7.99. The number of rotatable bonds is 5. The molecule has 0 saturated heterocycles. The molecular formula is C11H12N2O6S2. The third-order valence-electron chi connectivity index (χ3n) is 2.36. The van der Waals surface area contributed by atoms with E-state index in [9.17, 15) is 21.6 Å². The number of hydrogen-bond donors (Lipinski definition) is 0. The lowest BCUT2D eigenvalue weighted by Gasteiger charge is -2.05. The van der Waals surface area contributed by atoms with Gasteiger partial charge in [0.25, 0.3) is 15.6 Å². The third-order valence-corrected chi connectivity index (χ3v) is 5.28. The summed E-state index contributed by atoms with van der Waals surface area (Å²) in [6.45, 7) is 2.34. The zero-order valence-electron chi connectivity index (χ0n) is 11.2. The van der Waals surface area contributed by atoms with E-state index in [1.165, 1.54) is 6.92 Å². The fraction of sp³-hybridized carbons (Fsp3) is 0.273. The molecule has 0 amide bonds. The summed E-state index contributed by atoms with van der Waals surface area (Å²) in [5.74, 6) is -1.23. The highest BCUT2D eigenvalue weighted by Gasteiger charge is 2.34. The molecule has 1 aromatic rings. The van der Waals surface area contributed by atoms with E-state index < -0.39 is 30.8 Å². The summed E-state index contributed by atoms with van der Waals surface area (Å²) < 4.78 is 51.2. The van der Waals surface area contributed by atoms with Crippen LogP contribution in [0.15, 0.2) is 29.2 Å². The average molecular weight is 332 g/mol. The quantitative estimate of drug-likeness (QED) is 0.252. The molecule has 0 unspecified atom stereocenters. The van der Waals surface area contributed by atoms with E-state index in [2.05, 4.69) is 8.97 Å². The second-order valence-corrected chi connectivity index (χ2v) is 7.59. The first-order chi connectivity index (χ1) is 9.64. The Hall–Kier alpha value is -2.03. The largest absolute Gasteiger partial charge is 0.451 e. The van der Waals surface area contributed by atoms with Crippen molar-refractivity contribution in [2.24, 2.45) is 0 Å². The van der Waals surface area contributed by atoms with Gasteiger partial charge in [-0.25, -0.2) is 8.42 Å². The van der Waals surface area contributed by atoms with Gasteiger partial charge in [0.1, 0.15) is 5.75 Å². The number of carbonyl (C=O) groups is 1. The second-order valence-electron chi connectivity index (χ2n) is 3.87. The van der Waals surface area contributed by atoms with Gasteiger partial charge in [-0.3, -0.25) is 4.79 Å². The van der Waals surface area contributed by atoms with Crippen LogP contribution in [0, 0.1) is 0 Å². The van der Waals surface area contributed by atoms with Crippen LogP contribution in [-0.4, -0.2) is 38.2 Å². The summed E-state index contributed by atoms with van der Waals surface area (Å²) in [5, 5.41) is -1.00. The van der Waals surface area contributed by atoms with Gasteiger partial charge >= 0.3 is 15.2 Å². The molecule has 1 aromatic carbocycles. The fourth-order valence-electron chi connectivity index (χ4n) is 1.30. The van der Waals surface area contributed by atoms with E-state index >= 15 is 0 Å². The van der Waals surface area contributed by atoms with Crippen molar-refractivity contribution in [2.75, 3.05) is 5.75 Å². The van der Waals surface area contributed by atoms with E-state index in [0.29, 0.717) is 0 Å². The topological polar surface area (TPSA) is 131 Å². The van der Waals surface area contributed by atoms with Crippen molar-refractivity contribution in [3.05, 3.63) is 29.8 Å². The van der Waals surface area contributed by atoms with Crippen molar-refractivity contribution in [1.82, 2.24) is 0 Å². The number of hydrogen-bond acceptors (Lipinski definition) is 6. The molecule has 0 aliphatic heterocycles. The Balaban J connectivity index is 3.20. The molecular weight excluding hydrogens is 320 g/mol. The van der Waals surface area contributed by atoms with Crippen LogP contribution >= 0.6 is 0 Å². The Kier molecular flexibility index (Phi) is 5.00. The maximum absolute atomic E-state index is 12.0. The predicted octanol–water partition coefficient (Wildman–Crippen LogP) is 0.406. The molecule has 0 aliphatic rings. The number of Topliss-reactive ketones (excluding diaryl/α,β-unsaturated/α-hetero) is 1. The molecule has 0 bridgehead atoms. The lowest BCUT2D eigenvalue weighted by molar-refractivity contribution is -0.114. The second kappa shape index (κ2) is 6.17. The van der Waals surface area contributed by atoms with Crippen LogP contribution in [0.1, 0.15) is 13.8 Å². The highest BCUT2D eigenvalue weighted by Crippen LogP contribution is 2.19. The molecule has 0 aromatic heterocycles. The van der Waals surface area contributed by atoms with Crippen LogP contribution in [0.4, 0.5) is 0 Å². The van der Waals surface area contributed by atoms with E-state index in [-0.39, 0.29) is 16.4 Å². The van der Waals surface area contributed by atoms with E-state index in [1.54, 1.807) is 0 Å². The maximum atomic E-state index is 12.0. The first-order valence-corrected chi connectivity index (χ1v) is 8.70. The van der Waals surface area contributed by atoms with E-state index in [4.69, 9.17) is 5.53 Å². The molecule has 0 atom stereocenters. The van der Waals surface area contributed by atoms with Gasteiger partial charge in [0.05, 0.1) is 10.6 Å². The van der Waals surface area contributed by atoms with E-state index in [0.717, 1.165) is 31.2 Å². The normalized spacial score (nSPS) is 11.5. The predicted molar refractivity (Wildman–Crippen MR) is 73.0 cm³/mol. The van der Waals surface area contributed by atoms with Crippen LogP contribution in [0.2, 0.25) is 0 Å². The molecule has 0 fully saturated rings. The van der Waals surface area contributed by atoms with Gasteiger partial charge in [-0.1, -0.05) is 0 Å². The van der Waals surface area contributed by atoms with Gasteiger partial charge in [-0.2, -0.15) is 8.42 Å². The molecule has 0 aliphatic carbocycles. The van der Waals surface area contributed by atoms with Crippen LogP contribution in [-0.2, 0) is 24.7 Å². The Labute approximate surface area is 122 Å². The summed E-state index contributed by atoms with van der Waals surface area (Å²) in [6, 6.07) is 4.33. The Morgan fingerprint density at radius 2 is 1.71 bits per heavy atom. The summed E-state index contributed by atoms with van der Waals surface area (Å²) in [6.07, 6.45) is 0. The number of nitrogens with zero attached hydrogens (tertiary/aromatic N) is 2. The molecule has 8 nitrogen and oxygen atoms in total. The van der Waals surface area contributed by atoms with Gasteiger partial charge in [-0.15, -0.1) is 4.79 Å². The van der Waals surface area contributed by atoms with Crippen LogP contribution in [0.25, 0.3) is 5.53 Å². The van der Waals surface area contributed by atoms with Crippen molar-refractivity contribution < 1.29 is 30.6 Å². The molecule has 0 heterocycles. The maximum Gasteiger partial charge on any atom is 0.451 e. The number of benzene rings is 1. The van der Waals surface area contributed by atoms with Gasteiger partial charge in [0, 0.05) is 6.92 Å². The van der Waals surface area contributed by atoms with Crippen molar-refractivity contribution in [1.29, 1.82) is 0 Å². The van der Waals surface area contributed by atoms with Crippen molar-refractivity contribution in [2.45, 2.75) is 18.7 Å². The Morgan fingerprint density at radius 3 is 2.10 bits per heavy atom. The van der Waals surface area contributed by atoms with Gasteiger partial charge in [-0.05, 0) is 31.2 Å². The minimum absolute atomic E-state index is 0.0684. The Morgan fingerprint density at radius 1 is 1.19 bits per heavy atom. The molecule has 1 rings (SSSR count). The minimum atomic E-state index is -4.27. The summed E-state index contributed by atoms with van der Waals surface area (Å²) >= 11 is 0. The lowest BCUT2D eigenvalue weighted by atomic mass is 10.3. The molecule has 0 saturated carbocycles. The van der Waals surface area contributed by atoms with Crippen molar-refractivity contribution >= 4 is 30.8 Å². The molecule has 0 spiro atoms. The van der Waals surface area contributed by atoms with Gasteiger partial charge in [0.2, 0.25) is 0 Å². The zero-order valence-corrected chi connectivity index (χ0v) is 12.8. The number of carbonyl (C=O) groups excluding carboxylic acids is 1. The molecule has 0 radical (unpaired) electrons. The van der Waals surface area contributed by atoms with Gasteiger partial charge in [0.15, 0.2) is 0 Å². The van der Waals surface area contributed by atoms with Crippen LogP contribution in [0.3, 0.4) is 0 Å².